The van der Waals surface area contributed by atoms with Gasteiger partial charge in [-0.2, -0.15) is 0 Å². The Morgan fingerprint density at radius 3 is 0.613 bits per heavy atom. The molecule has 196 valence electrons. The lowest BCUT2D eigenvalue weighted by molar-refractivity contribution is 0.134. The van der Waals surface area contributed by atoms with Gasteiger partial charge in [0.15, 0.2) is 0 Å². The average Bonchev–Trinajstić information content (AvgIpc) is 2.75. The first kappa shape index (κ1) is 41.5. The second-order valence-electron chi connectivity index (χ2n) is 7.49. The summed E-state index contributed by atoms with van der Waals surface area (Å²) in [5, 5.41) is 0. The predicted octanol–water partition coefficient (Wildman–Crippen LogP) is 3.88. The van der Waals surface area contributed by atoms with Gasteiger partial charge in [-0.25, -0.2) is 0 Å². The summed E-state index contributed by atoms with van der Waals surface area (Å²) in [6.45, 7) is 17.5. The Bertz CT molecular complexity index is 280. The van der Waals surface area contributed by atoms with Gasteiger partial charge in [0.2, 0.25) is 0 Å². The maximum atomic E-state index is 8.83. The Hall–Kier alpha value is 0.291. The number of methoxy groups -OCH3 is 2. The fourth-order valence-corrected chi connectivity index (χ4v) is 0.750. The SMILES string of the molecule is COC(C)C.COC(C)C.CO[Si](C)(C)OC.CO[Si](C)(C)OC.CO[Si](C)(O)OC. The highest BCUT2D eigenvalue weighted by Crippen LogP contribution is 2.00. The van der Waals surface area contributed by atoms with Crippen LogP contribution < -0.4 is 0 Å². The van der Waals surface area contributed by atoms with Crippen molar-refractivity contribution >= 4 is 25.9 Å². The normalized spacial score (nSPS) is 11.2. The van der Waals surface area contributed by atoms with Crippen LogP contribution in [0.15, 0.2) is 0 Å². The standard InChI is InChI=1S/2C4H12O2Si.2C4H10O.C3H10O3Si/c2*1-5-7(3,4)6-2;2*1-4(2)5-3;1-5-7(3,4)6-2/h2*1-4H3;2*4H,1-3H3;4H,1-3H3. The summed E-state index contributed by atoms with van der Waals surface area (Å²) < 4.78 is 38.6. The molecule has 0 fully saturated rings. The molecule has 0 unspecified atom stereocenters. The fourth-order valence-electron chi connectivity index (χ4n) is 0.250. The van der Waals surface area contributed by atoms with Crippen LogP contribution >= 0.6 is 0 Å². The summed E-state index contributed by atoms with van der Waals surface area (Å²) in [5.74, 6) is 0. The zero-order valence-corrected chi connectivity index (χ0v) is 26.4. The van der Waals surface area contributed by atoms with E-state index < -0.39 is 25.9 Å². The maximum absolute atomic E-state index is 8.83. The molecule has 0 amide bonds. The largest absolute Gasteiger partial charge is 0.494 e. The van der Waals surface area contributed by atoms with Gasteiger partial charge in [-0.15, -0.1) is 0 Å². The van der Waals surface area contributed by atoms with Gasteiger partial charge in [-0.05, 0) is 53.9 Å². The van der Waals surface area contributed by atoms with E-state index in [9.17, 15) is 0 Å². The van der Waals surface area contributed by atoms with Crippen molar-refractivity contribution in [3.63, 3.8) is 0 Å². The van der Waals surface area contributed by atoms with Crippen molar-refractivity contribution in [2.24, 2.45) is 0 Å². The van der Waals surface area contributed by atoms with Gasteiger partial charge in [0.25, 0.3) is 0 Å². The molecule has 0 saturated carbocycles. The van der Waals surface area contributed by atoms with Crippen LogP contribution in [0.1, 0.15) is 27.7 Å². The molecular weight excluding hydrogens is 456 g/mol. The number of hydrogen-bond acceptors (Lipinski definition) is 9. The van der Waals surface area contributed by atoms with Crippen molar-refractivity contribution in [2.45, 2.75) is 72.6 Å². The summed E-state index contributed by atoms with van der Waals surface area (Å²) in [6, 6.07) is 0. The molecule has 1 N–H and O–H groups in total. The second-order valence-corrected chi connectivity index (χ2v) is 17.3. The highest BCUT2D eigenvalue weighted by molar-refractivity contribution is 6.64. The van der Waals surface area contributed by atoms with Crippen LogP contribution in [0, 0.1) is 0 Å². The van der Waals surface area contributed by atoms with E-state index in [1.54, 1.807) is 49.2 Å². The topological polar surface area (TPSA) is 94.1 Å². The highest BCUT2D eigenvalue weighted by Gasteiger charge is 2.25. The highest BCUT2D eigenvalue weighted by atomic mass is 28.4. The molecule has 0 aliphatic rings. The van der Waals surface area contributed by atoms with Crippen LogP contribution in [-0.4, -0.2) is 99.8 Å². The third-order valence-corrected chi connectivity index (χ3v) is 9.11. The van der Waals surface area contributed by atoms with Gasteiger partial charge in [-0.3, -0.25) is 0 Å². The van der Waals surface area contributed by atoms with Gasteiger partial charge in [-0.1, -0.05) is 0 Å². The average molecular weight is 511 g/mol. The molecule has 31 heavy (non-hydrogen) atoms. The van der Waals surface area contributed by atoms with E-state index in [0.29, 0.717) is 12.2 Å². The van der Waals surface area contributed by atoms with Crippen molar-refractivity contribution in [2.75, 3.05) is 56.9 Å². The molecule has 12 heteroatoms. The quantitative estimate of drug-likeness (QED) is 0.488. The molecule has 0 radical (unpaired) electrons. The first-order valence-electron chi connectivity index (χ1n) is 10.00. The van der Waals surface area contributed by atoms with E-state index in [-0.39, 0.29) is 0 Å². The number of hydrogen-bond donors (Lipinski definition) is 1. The summed E-state index contributed by atoms with van der Waals surface area (Å²) in [5.41, 5.74) is 0. The molecule has 0 saturated heterocycles. The molecule has 0 atom stereocenters. The Labute approximate surface area is 196 Å². The maximum Gasteiger partial charge on any atom is 0.494 e. The van der Waals surface area contributed by atoms with Crippen molar-refractivity contribution in [3.05, 3.63) is 0 Å². The van der Waals surface area contributed by atoms with E-state index in [0.717, 1.165) is 0 Å². The minimum absolute atomic E-state index is 0.384. The van der Waals surface area contributed by atoms with Crippen molar-refractivity contribution in [1.82, 2.24) is 0 Å². The van der Waals surface area contributed by atoms with E-state index in [4.69, 9.17) is 32.0 Å². The van der Waals surface area contributed by atoms with Gasteiger partial charge in [0.1, 0.15) is 0 Å². The molecular formula is C19H54O9Si3. The summed E-state index contributed by atoms with van der Waals surface area (Å²) in [7, 11) is 7.00. The van der Waals surface area contributed by atoms with Crippen molar-refractivity contribution < 1.29 is 40.8 Å². The third-order valence-electron chi connectivity index (χ3n) is 3.67. The third kappa shape index (κ3) is 48.8. The predicted molar refractivity (Wildman–Crippen MR) is 135 cm³/mol. The first-order valence-corrected chi connectivity index (χ1v) is 17.9. The van der Waals surface area contributed by atoms with E-state index in [1.807, 2.05) is 53.9 Å². The second kappa shape index (κ2) is 24.9. The molecule has 9 nitrogen and oxygen atoms in total. The van der Waals surface area contributed by atoms with Gasteiger partial charge >= 0.3 is 25.9 Å². The lowest BCUT2D eigenvalue weighted by Crippen LogP contribution is -2.35. The van der Waals surface area contributed by atoms with E-state index >= 15 is 0 Å². The Morgan fingerprint density at radius 1 is 0.452 bits per heavy atom. The minimum Gasteiger partial charge on any atom is -0.398 e. The Morgan fingerprint density at radius 2 is 0.613 bits per heavy atom. The Balaban J connectivity index is -0.0000000917. The molecule has 0 aromatic rings. The fraction of sp³-hybridized carbons (Fsp3) is 1.00. The zero-order valence-electron chi connectivity index (χ0n) is 23.4. The molecule has 0 aliphatic carbocycles. The van der Waals surface area contributed by atoms with Crippen molar-refractivity contribution in [3.8, 4) is 0 Å². The molecule has 0 aromatic heterocycles. The molecule has 0 aliphatic heterocycles. The number of ether oxygens (including phenoxy) is 2. The van der Waals surface area contributed by atoms with E-state index in [1.165, 1.54) is 14.2 Å². The molecule has 0 aromatic carbocycles. The lowest BCUT2D eigenvalue weighted by Gasteiger charge is -2.15. The van der Waals surface area contributed by atoms with Crippen molar-refractivity contribution in [1.29, 1.82) is 0 Å². The molecule has 0 spiro atoms. The van der Waals surface area contributed by atoms with Gasteiger partial charge in [0, 0.05) is 63.4 Å². The monoisotopic (exact) mass is 510 g/mol. The first-order chi connectivity index (χ1) is 13.9. The van der Waals surface area contributed by atoms with Gasteiger partial charge in [0.05, 0.1) is 12.2 Å². The Kier molecular flexibility index (Phi) is 33.4. The lowest BCUT2D eigenvalue weighted by atomic mass is 10.5. The van der Waals surface area contributed by atoms with E-state index in [2.05, 4.69) is 8.85 Å². The summed E-state index contributed by atoms with van der Waals surface area (Å²) >= 11 is 0. The molecule has 0 bridgehead atoms. The summed E-state index contributed by atoms with van der Waals surface area (Å²) in [6.07, 6.45) is 0.769. The van der Waals surface area contributed by atoms with Crippen LogP contribution in [0.5, 0.6) is 0 Å². The molecule has 0 heterocycles. The van der Waals surface area contributed by atoms with Crippen LogP contribution in [0.2, 0.25) is 32.7 Å². The van der Waals surface area contributed by atoms with Crippen LogP contribution in [0.4, 0.5) is 0 Å². The van der Waals surface area contributed by atoms with Crippen LogP contribution in [0.3, 0.4) is 0 Å². The van der Waals surface area contributed by atoms with Crippen LogP contribution in [-0.2, 0) is 36.0 Å². The number of rotatable bonds is 8. The minimum atomic E-state index is -2.65. The zero-order chi connectivity index (χ0) is 26.3. The smallest absolute Gasteiger partial charge is 0.398 e. The summed E-state index contributed by atoms with van der Waals surface area (Å²) in [4.78, 5) is 8.83. The van der Waals surface area contributed by atoms with Gasteiger partial charge < -0.3 is 40.8 Å². The molecule has 0 rings (SSSR count). The van der Waals surface area contributed by atoms with Crippen LogP contribution in [0.25, 0.3) is 0 Å².